The van der Waals surface area contributed by atoms with Crippen LogP contribution in [0.5, 0.6) is 0 Å². The van der Waals surface area contributed by atoms with Gasteiger partial charge < -0.3 is 4.42 Å². The van der Waals surface area contributed by atoms with Gasteiger partial charge in [0.05, 0.1) is 6.20 Å². The maximum atomic E-state index is 5.04. The second-order valence-corrected chi connectivity index (χ2v) is 2.24. The van der Waals surface area contributed by atoms with Crippen LogP contribution in [0.3, 0.4) is 0 Å². The summed E-state index contributed by atoms with van der Waals surface area (Å²) in [7, 11) is 0. The molecule has 0 bridgehead atoms. The molecular formula is C9H12NO. The molecule has 0 aliphatic carbocycles. The van der Waals surface area contributed by atoms with Gasteiger partial charge >= 0.3 is 0 Å². The lowest BCUT2D eigenvalue weighted by Crippen LogP contribution is -1.77. The van der Waals surface area contributed by atoms with Crippen LogP contribution in [-0.4, -0.2) is 4.98 Å². The molecule has 0 fully saturated rings. The second-order valence-electron chi connectivity index (χ2n) is 2.24. The van der Waals surface area contributed by atoms with Gasteiger partial charge in [-0.15, -0.1) is 0 Å². The maximum absolute atomic E-state index is 5.04. The highest BCUT2D eigenvalue weighted by Gasteiger charge is 1.90. The molecule has 0 N–H and O–H groups in total. The van der Waals surface area contributed by atoms with Gasteiger partial charge in [-0.25, -0.2) is 4.98 Å². The third-order valence-corrected chi connectivity index (χ3v) is 1.31. The fraction of sp³-hybridized carbons (Fsp3) is 0.333. The largest absolute Gasteiger partial charge is 0.449 e. The molecule has 1 radical (unpaired) electrons. The van der Waals surface area contributed by atoms with Gasteiger partial charge in [-0.3, -0.25) is 0 Å². The molecular weight excluding hydrogens is 138 g/mol. The highest BCUT2D eigenvalue weighted by atomic mass is 16.3. The molecule has 0 spiro atoms. The summed E-state index contributed by atoms with van der Waals surface area (Å²) >= 11 is 0. The number of oxazole rings is 1. The molecule has 0 aromatic carbocycles. The zero-order chi connectivity index (χ0) is 7.94. The van der Waals surface area contributed by atoms with E-state index in [9.17, 15) is 0 Å². The van der Waals surface area contributed by atoms with Gasteiger partial charge in [0, 0.05) is 6.42 Å². The molecule has 2 nitrogen and oxygen atoms in total. The van der Waals surface area contributed by atoms with E-state index in [-0.39, 0.29) is 0 Å². The van der Waals surface area contributed by atoms with Gasteiger partial charge in [-0.1, -0.05) is 19.1 Å². The van der Waals surface area contributed by atoms with E-state index >= 15 is 0 Å². The Balaban J connectivity index is 2.23. The monoisotopic (exact) mass is 150 g/mol. The fourth-order valence-corrected chi connectivity index (χ4v) is 0.774. The van der Waals surface area contributed by atoms with Gasteiger partial charge in [0.25, 0.3) is 0 Å². The molecule has 1 rings (SSSR count). The molecule has 1 heterocycles. The normalized spacial score (nSPS) is 11.0. The minimum atomic E-state index is 0.769. The Kier molecular flexibility index (Phi) is 3.45. The van der Waals surface area contributed by atoms with Crippen molar-refractivity contribution in [3.05, 3.63) is 37.4 Å². The highest BCUT2D eigenvalue weighted by Crippen LogP contribution is 1.97. The van der Waals surface area contributed by atoms with Crippen LogP contribution in [0.1, 0.15) is 18.7 Å². The van der Waals surface area contributed by atoms with Gasteiger partial charge in [0.1, 0.15) is 6.26 Å². The number of aromatic nitrogens is 1. The maximum Gasteiger partial charge on any atom is 0.197 e. The van der Waals surface area contributed by atoms with Crippen LogP contribution in [0, 0.1) is 6.92 Å². The quantitative estimate of drug-likeness (QED) is 0.616. The SMILES string of the molecule is [CH2]CCC=CCc1ncco1. The Bertz CT molecular complexity index is 201. The van der Waals surface area contributed by atoms with Crippen molar-refractivity contribution < 1.29 is 4.42 Å². The molecule has 0 saturated carbocycles. The summed E-state index contributed by atoms with van der Waals surface area (Å²) in [6, 6.07) is 0. The standard InChI is InChI=1S/C9H12NO/c1-2-3-4-5-6-9-10-7-8-11-9/h4-5,7-8H,1-3,6H2. The first-order valence-corrected chi connectivity index (χ1v) is 3.76. The average Bonchev–Trinajstić information content (AvgIpc) is 2.50. The summed E-state index contributed by atoms with van der Waals surface area (Å²) in [5.41, 5.74) is 0. The number of rotatable bonds is 4. The van der Waals surface area contributed by atoms with E-state index in [0.717, 1.165) is 25.2 Å². The summed E-state index contributed by atoms with van der Waals surface area (Å²) in [4.78, 5) is 3.98. The van der Waals surface area contributed by atoms with Crippen molar-refractivity contribution in [3.8, 4) is 0 Å². The first-order valence-electron chi connectivity index (χ1n) is 3.76. The van der Waals surface area contributed by atoms with Crippen LogP contribution in [-0.2, 0) is 6.42 Å². The lowest BCUT2D eigenvalue weighted by atomic mass is 10.3. The van der Waals surface area contributed by atoms with Crippen LogP contribution in [0.15, 0.2) is 29.0 Å². The van der Waals surface area contributed by atoms with Crippen molar-refractivity contribution in [2.24, 2.45) is 0 Å². The van der Waals surface area contributed by atoms with E-state index in [0.29, 0.717) is 0 Å². The molecule has 1 aromatic rings. The Labute approximate surface area is 66.9 Å². The van der Waals surface area contributed by atoms with Crippen LogP contribution >= 0.6 is 0 Å². The number of allylic oxidation sites excluding steroid dienone is 2. The summed E-state index contributed by atoms with van der Waals surface area (Å²) in [6.45, 7) is 3.73. The lowest BCUT2D eigenvalue weighted by Gasteiger charge is -1.85. The van der Waals surface area contributed by atoms with Gasteiger partial charge in [0.15, 0.2) is 5.89 Å². The van der Waals surface area contributed by atoms with E-state index < -0.39 is 0 Å². The molecule has 0 unspecified atom stereocenters. The highest BCUT2D eigenvalue weighted by molar-refractivity contribution is 4.92. The van der Waals surface area contributed by atoms with E-state index in [1.165, 1.54) is 0 Å². The molecule has 0 atom stereocenters. The van der Waals surface area contributed by atoms with Crippen molar-refractivity contribution >= 4 is 0 Å². The van der Waals surface area contributed by atoms with E-state index in [1.54, 1.807) is 12.5 Å². The predicted molar refractivity (Wildman–Crippen MR) is 43.9 cm³/mol. The number of nitrogens with zero attached hydrogens (tertiary/aromatic N) is 1. The van der Waals surface area contributed by atoms with Crippen molar-refractivity contribution in [3.63, 3.8) is 0 Å². The van der Waals surface area contributed by atoms with Crippen LogP contribution < -0.4 is 0 Å². The zero-order valence-corrected chi connectivity index (χ0v) is 6.49. The third kappa shape index (κ3) is 3.03. The minimum absolute atomic E-state index is 0.769. The molecule has 0 aliphatic heterocycles. The first-order chi connectivity index (χ1) is 5.43. The molecule has 0 aliphatic rings. The van der Waals surface area contributed by atoms with Crippen LogP contribution in [0.25, 0.3) is 0 Å². The summed E-state index contributed by atoms with van der Waals surface area (Å²) in [5, 5.41) is 0. The van der Waals surface area contributed by atoms with Gasteiger partial charge in [0.2, 0.25) is 0 Å². The lowest BCUT2D eigenvalue weighted by molar-refractivity contribution is 0.509. The summed E-state index contributed by atoms with van der Waals surface area (Å²) in [6.07, 6.45) is 10.2. The molecule has 59 valence electrons. The average molecular weight is 150 g/mol. The topological polar surface area (TPSA) is 26.0 Å². The molecule has 0 amide bonds. The predicted octanol–water partition coefficient (Wildman–Crippen LogP) is 2.39. The third-order valence-electron chi connectivity index (χ3n) is 1.31. The molecule has 1 aromatic heterocycles. The fourth-order valence-electron chi connectivity index (χ4n) is 0.774. The molecule has 2 heteroatoms. The summed E-state index contributed by atoms with van der Waals surface area (Å²) in [5.74, 6) is 0.769. The van der Waals surface area contributed by atoms with Gasteiger partial charge in [-0.2, -0.15) is 0 Å². The molecule has 0 saturated heterocycles. The Morgan fingerprint density at radius 3 is 3.09 bits per heavy atom. The van der Waals surface area contributed by atoms with Crippen LogP contribution in [0.2, 0.25) is 0 Å². The number of unbranched alkanes of at least 4 members (excludes halogenated alkanes) is 1. The van der Waals surface area contributed by atoms with Crippen molar-refractivity contribution in [1.29, 1.82) is 0 Å². The number of hydrogen-bond acceptors (Lipinski definition) is 2. The Hall–Kier alpha value is -1.05. The van der Waals surface area contributed by atoms with Crippen molar-refractivity contribution in [1.82, 2.24) is 4.98 Å². The van der Waals surface area contributed by atoms with Crippen molar-refractivity contribution in [2.45, 2.75) is 19.3 Å². The minimum Gasteiger partial charge on any atom is -0.449 e. The van der Waals surface area contributed by atoms with Crippen LogP contribution in [0.4, 0.5) is 0 Å². The molecule has 11 heavy (non-hydrogen) atoms. The smallest absolute Gasteiger partial charge is 0.197 e. The number of hydrogen-bond donors (Lipinski definition) is 0. The van der Waals surface area contributed by atoms with Gasteiger partial charge in [-0.05, 0) is 12.8 Å². The van der Waals surface area contributed by atoms with Crippen molar-refractivity contribution in [2.75, 3.05) is 0 Å². The van der Waals surface area contributed by atoms with E-state index in [1.807, 2.05) is 0 Å². The summed E-state index contributed by atoms with van der Waals surface area (Å²) < 4.78 is 5.04. The van der Waals surface area contributed by atoms with E-state index in [4.69, 9.17) is 4.42 Å². The van der Waals surface area contributed by atoms with E-state index in [2.05, 4.69) is 24.1 Å². The first kappa shape index (κ1) is 8.05. The Morgan fingerprint density at radius 1 is 1.55 bits per heavy atom. The Morgan fingerprint density at radius 2 is 2.45 bits per heavy atom. The second kappa shape index (κ2) is 4.72. The zero-order valence-electron chi connectivity index (χ0n) is 6.49.